The Morgan fingerprint density at radius 1 is 0.551 bits per heavy atom. The van der Waals surface area contributed by atoms with Crippen LogP contribution in [0.2, 0.25) is 0 Å². The molecule has 0 aliphatic rings. The quantitative estimate of drug-likeness (QED) is 0.0223. The number of hydrogen-bond donors (Lipinski definition) is 6. The highest BCUT2D eigenvalue weighted by molar-refractivity contribution is 6.01. The molecule has 69 heavy (non-hydrogen) atoms. The summed E-state index contributed by atoms with van der Waals surface area (Å²) < 4.78 is 16.2. The van der Waals surface area contributed by atoms with Crippen LogP contribution in [0.25, 0.3) is 21.5 Å². The molecule has 0 bridgehead atoms. The summed E-state index contributed by atoms with van der Waals surface area (Å²) in [6.07, 6.45) is -2.57. The fourth-order valence-electron chi connectivity index (χ4n) is 7.30. The van der Waals surface area contributed by atoms with Gasteiger partial charge in [0, 0.05) is 19.4 Å². The van der Waals surface area contributed by atoms with Crippen molar-refractivity contribution >= 4 is 63.5 Å². The number of carbonyl (C=O) groups is 6. The summed E-state index contributed by atoms with van der Waals surface area (Å²) >= 11 is 0. The number of amides is 6. The van der Waals surface area contributed by atoms with E-state index in [-0.39, 0.29) is 51.4 Å². The molecular weight excluding hydrogens is 879 g/mol. The Hall–Kier alpha value is -8.27. The Kier molecular flexibility index (Phi) is 17.8. The van der Waals surface area contributed by atoms with Crippen molar-refractivity contribution in [1.29, 1.82) is 0 Å². The number of hydrogen-bond acceptors (Lipinski definition) is 10. The molecule has 6 aromatic carbocycles. The third kappa shape index (κ3) is 16.2. The lowest BCUT2D eigenvalue weighted by molar-refractivity contribution is -0.132. The van der Waals surface area contributed by atoms with Crippen molar-refractivity contribution in [2.45, 2.75) is 83.4 Å². The van der Waals surface area contributed by atoms with Gasteiger partial charge < -0.3 is 35.9 Å². The minimum atomic E-state index is -1.31. The van der Waals surface area contributed by atoms with Crippen LogP contribution in [0.1, 0.15) is 55.9 Å². The van der Waals surface area contributed by atoms with E-state index in [0.717, 1.165) is 43.8 Å². The SMILES string of the molecule is CC(C)(C)OC(=O)N[C@H](Cc1cccc2ccccc12)C(=O)N[C@@H](CCCN=C(NC(=O)OCc1ccccc1)NC(=O)OCc1ccccc1)C(=O)N[C@@H](Cc1ccc2ccccc2c1)C(N)=O. The Morgan fingerprint density at radius 3 is 1.72 bits per heavy atom. The maximum Gasteiger partial charge on any atom is 0.414 e. The molecule has 0 heterocycles. The molecule has 0 radical (unpaired) electrons. The second-order valence-corrected chi connectivity index (χ2v) is 17.2. The monoisotopic (exact) mass is 935 g/mol. The summed E-state index contributed by atoms with van der Waals surface area (Å²) in [5.41, 5.74) is 7.92. The van der Waals surface area contributed by atoms with Gasteiger partial charge in [-0.25, -0.2) is 14.4 Å². The number of ether oxygens (including phenoxy) is 3. The molecule has 6 aromatic rings. The van der Waals surface area contributed by atoms with E-state index in [1.807, 2.05) is 97.1 Å². The summed E-state index contributed by atoms with van der Waals surface area (Å²) in [4.78, 5) is 85.2. The molecule has 16 nitrogen and oxygen atoms in total. The van der Waals surface area contributed by atoms with E-state index in [0.29, 0.717) is 0 Å². The zero-order chi connectivity index (χ0) is 49.2. The predicted octanol–water partition coefficient (Wildman–Crippen LogP) is 7.12. The molecule has 16 heteroatoms. The average Bonchev–Trinajstić information content (AvgIpc) is 3.33. The van der Waals surface area contributed by atoms with Crippen LogP contribution in [-0.2, 0) is 54.6 Å². The first-order valence-electron chi connectivity index (χ1n) is 22.5. The molecular formula is C53H57N7O9. The lowest BCUT2D eigenvalue weighted by atomic mass is 9.98. The summed E-state index contributed by atoms with van der Waals surface area (Å²) in [7, 11) is 0. The highest BCUT2D eigenvalue weighted by Crippen LogP contribution is 2.21. The van der Waals surface area contributed by atoms with Crippen LogP contribution in [0.15, 0.2) is 151 Å². The highest BCUT2D eigenvalue weighted by Gasteiger charge is 2.31. The maximum atomic E-state index is 14.4. The molecule has 0 fully saturated rings. The van der Waals surface area contributed by atoms with Gasteiger partial charge in [-0.3, -0.25) is 30.0 Å². The molecule has 0 unspecified atom stereocenters. The Morgan fingerprint density at radius 2 is 1.10 bits per heavy atom. The molecule has 0 saturated heterocycles. The maximum absolute atomic E-state index is 14.4. The number of rotatable bonds is 18. The zero-order valence-electron chi connectivity index (χ0n) is 38.7. The lowest BCUT2D eigenvalue weighted by Crippen LogP contribution is -2.57. The van der Waals surface area contributed by atoms with Gasteiger partial charge in [-0.1, -0.05) is 146 Å². The summed E-state index contributed by atoms with van der Waals surface area (Å²) in [6.45, 7) is 4.86. The molecule has 6 rings (SSSR count). The summed E-state index contributed by atoms with van der Waals surface area (Å²) in [5.74, 6) is -2.54. The second kappa shape index (κ2) is 24.5. The first-order chi connectivity index (χ1) is 33.2. The lowest BCUT2D eigenvalue weighted by Gasteiger charge is -2.26. The number of carbonyl (C=O) groups excluding carboxylic acids is 6. The minimum absolute atomic E-state index is 0.0262. The van der Waals surface area contributed by atoms with Crippen molar-refractivity contribution in [3.05, 3.63) is 168 Å². The number of aliphatic imine (C=N–C) groups is 1. The smallest absolute Gasteiger partial charge is 0.414 e. The van der Waals surface area contributed by atoms with E-state index in [1.165, 1.54) is 0 Å². The summed E-state index contributed by atoms with van der Waals surface area (Å²) in [6, 6.07) is 40.8. The van der Waals surface area contributed by atoms with Gasteiger partial charge in [-0.15, -0.1) is 0 Å². The molecule has 0 spiro atoms. The van der Waals surface area contributed by atoms with Gasteiger partial charge in [-0.2, -0.15) is 0 Å². The van der Waals surface area contributed by atoms with Gasteiger partial charge in [0.15, 0.2) is 0 Å². The van der Waals surface area contributed by atoms with Gasteiger partial charge >= 0.3 is 18.3 Å². The molecule has 0 saturated carbocycles. The molecule has 7 N–H and O–H groups in total. The van der Waals surface area contributed by atoms with Gasteiger partial charge in [-0.05, 0) is 77.4 Å². The fourth-order valence-corrected chi connectivity index (χ4v) is 7.30. The van der Waals surface area contributed by atoms with E-state index < -0.39 is 59.7 Å². The number of nitrogens with two attached hydrogens (primary N) is 1. The number of guanidine groups is 1. The van der Waals surface area contributed by atoms with Gasteiger partial charge in [0.25, 0.3) is 0 Å². The van der Waals surface area contributed by atoms with Crippen molar-refractivity contribution in [1.82, 2.24) is 26.6 Å². The van der Waals surface area contributed by atoms with Crippen LogP contribution in [0.4, 0.5) is 14.4 Å². The topological polar surface area (TPSA) is 229 Å². The van der Waals surface area contributed by atoms with Crippen LogP contribution < -0.4 is 32.3 Å². The number of alkyl carbamates (subject to hydrolysis) is 3. The normalized spacial score (nSPS) is 12.3. The first-order valence-corrected chi connectivity index (χ1v) is 22.5. The van der Waals surface area contributed by atoms with Crippen molar-refractivity contribution in [3.8, 4) is 0 Å². The van der Waals surface area contributed by atoms with Crippen LogP contribution in [0.3, 0.4) is 0 Å². The molecule has 0 aliphatic carbocycles. The molecule has 0 aromatic heterocycles. The van der Waals surface area contributed by atoms with E-state index >= 15 is 0 Å². The van der Waals surface area contributed by atoms with E-state index in [9.17, 15) is 28.8 Å². The third-order valence-electron chi connectivity index (χ3n) is 10.6. The molecule has 358 valence electrons. The molecule has 3 atom stereocenters. The average molecular weight is 936 g/mol. The van der Waals surface area contributed by atoms with Crippen molar-refractivity contribution in [3.63, 3.8) is 0 Å². The number of fused-ring (bicyclic) bond motifs is 2. The van der Waals surface area contributed by atoms with E-state index in [4.69, 9.17) is 19.9 Å². The van der Waals surface area contributed by atoms with E-state index in [1.54, 1.807) is 69.3 Å². The zero-order valence-corrected chi connectivity index (χ0v) is 38.7. The minimum Gasteiger partial charge on any atom is -0.444 e. The van der Waals surface area contributed by atoms with Crippen molar-refractivity contribution in [2.24, 2.45) is 10.7 Å². The van der Waals surface area contributed by atoms with Crippen molar-refractivity contribution in [2.75, 3.05) is 6.54 Å². The largest absolute Gasteiger partial charge is 0.444 e. The number of nitrogens with zero attached hydrogens (tertiary/aromatic N) is 1. The Balaban J connectivity index is 1.23. The molecule has 6 amide bonds. The third-order valence-corrected chi connectivity index (χ3v) is 10.6. The van der Waals surface area contributed by atoms with Crippen LogP contribution in [0.5, 0.6) is 0 Å². The molecule has 0 aliphatic heterocycles. The second-order valence-electron chi connectivity index (χ2n) is 17.2. The highest BCUT2D eigenvalue weighted by atomic mass is 16.6. The van der Waals surface area contributed by atoms with Gasteiger partial charge in [0.2, 0.25) is 23.7 Å². The Bertz CT molecular complexity index is 2700. The van der Waals surface area contributed by atoms with Crippen LogP contribution in [-0.4, -0.2) is 72.2 Å². The number of benzene rings is 6. The van der Waals surface area contributed by atoms with Crippen LogP contribution >= 0.6 is 0 Å². The van der Waals surface area contributed by atoms with Crippen LogP contribution in [0, 0.1) is 0 Å². The van der Waals surface area contributed by atoms with Gasteiger partial charge in [0.1, 0.15) is 36.9 Å². The van der Waals surface area contributed by atoms with E-state index in [2.05, 4.69) is 31.6 Å². The van der Waals surface area contributed by atoms with Crippen molar-refractivity contribution < 1.29 is 43.0 Å². The standard InChI is InChI=1S/C53H57N7O9/c1-53(2,3)69-52(66)58-45(32-41-24-14-23-39-21-12-13-25-42(39)41)48(63)56-43(47(62)57-44(46(54)61)31-37-27-28-38-20-10-11-22-40(38)30-37)26-15-29-55-49(59-50(64)67-33-35-16-6-4-7-17-35)60-51(65)68-34-36-18-8-5-9-19-36/h4-14,16-25,27-28,30,43-45H,15,26,29,31-34H2,1-3H3,(H2,54,61)(H,56,63)(H,57,62)(H,58,66)(H2,55,59,60,64,65)/t43-,44-,45+/m0/s1. The number of nitrogens with one attached hydrogen (secondary N) is 5. The number of primary amides is 1. The summed E-state index contributed by atoms with van der Waals surface area (Å²) in [5, 5.41) is 16.8. The predicted molar refractivity (Wildman–Crippen MR) is 263 cm³/mol. The Labute approximate surface area is 400 Å². The van der Waals surface area contributed by atoms with Gasteiger partial charge in [0.05, 0.1) is 0 Å². The first kappa shape index (κ1) is 50.1. The fraction of sp³-hybridized carbons (Fsp3) is 0.264.